The molecule has 2 aromatic heterocycles. The van der Waals surface area contributed by atoms with Crippen molar-refractivity contribution in [2.45, 2.75) is 0 Å². The highest BCUT2D eigenvalue weighted by molar-refractivity contribution is 5.93. The molecule has 12 heavy (non-hydrogen) atoms. The third-order valence-corrected chi connectivity index (χ3v) is 1.58. The topological polar surface area (TPSA) is 55.7 Å². The lowest BCUT2D eigenvalue weighted by atomic mass is 10.2. The molecule has 0 aromatic carbocycles. The van der Waals surface area contributed by atoms with Gasteiger partial charge in [0, 0.05) is 17.8 Å². The summed E-state index contributed by atoms with van der Waals surface area (Å²) in [6, 6.07) is 1.74. The SMILES string of the molecule is O=Cc1nccc2ncncc12. The lowest BCUT2D eigenvalue weighted by Gasteiger charge is -1.95. The fourth-order valence-corrected chi connectivity index (χ4v) is 1.02. The van der Waals surface area contributed by atoms with Gasteiger partial charge in [0.05, 0.1) is 5.52 Å². The van der Waals surface area contributed by atoms with Crippen molar-refractivity contribution >= 4 is 17.2 Å². The number of carbonyl (C=O) groups excluding carboxylic acids is 1. The van der Waals surface area contributed by atoms with Gasteiger partial charge in [0.1, 0.15) is 12.0 Å². The van der Waals surface area contributed by atoms with E-state index in [4.69, 9.17) is 0 Å². The van der Waals surface area contributed by atoms with Gasteiger partial charge in [-0.05, 0) is 6.07 Å². The van der Waals surface area contributed by atoms with Gasteiger partial charge in [-0.2, -0.15) is 0 Å². The summed E-state index contributed by atoms with van der Waals surface area (Å²) in [4.78, 5) is 22.2. The molecule has 0 aliphatic carbocycles. The summed E-state index contributed by atoms with van der Waals surface area (Å²) in [5.74, 6) is 0. The number of aldehydes is 1. The molecule has 0 fully saturated rings. The van der Waals surface area contributed by atoms with E-state index in [1.165, 1.54) is 6.33 Å². The van der Waals surface area contributed by atoms with E-state index in [-0.39, 0.29) is 0 Å². The summed E-state index contributed by atoms with van der Waals surface area (Å²) < 4.78 is 0. The van der Waals surface area contributed by atoms with Crippen molar-refractivity contribution in [1.82, 2.24) is 15.0 Å². The molecule has 0 N–H and O–H groups in total. The van der Waals surface area contributed by atoms with E-state index in [0.29, 0.717) is 17.4 Å². The predicted molar refractivity (Wildman–Crippen MR) is 42.7 cm³/mol. The van der Waals surface area contributed by atoms with Gasteiger partial charge >= 0.3 is 0 Å². The molecule has 2 aromatic rings. The highest BCUT2D eigenvalue weighted by atomic mass is 16.1. The zero-order valence-corrected chi connectivity index (χ0v) is 6.14. The Hall–Kier alpha value is -1.84. The number of aromatic nitrogens is 3. The molecule has 4 heteroatoms. The summed E-state index contributed by atoms with van der Waals surface area (Å²) in [6.45, 7) is 0. The van der Waals surface area contributed by atoms with Crippen molar-refractivity contribution in [2.24, 2.45) is 0 Å². The third kappa shape index (κ3) is 0.934. The maximum absolute atomic E-state index is 10.5. The Morgan fingerprint density at radius 1 is 1.33 bits per heavy atom. The Bertz CT molecular complexity index is 422. The van der Waals surface area contributed by atoms with Gasteiger partial charge in [-0.1, -0.05) is 0 Å². The molecule has 0 bridgehead atoms. The van der Waals surface area contributed by atoms with Gasteiger partial charge in [0.25, 0.3) is 0 Å². The van der Waals surface area contributed by atoms with Crippen LogP contribution in [0.5, 0.6) is 0 Å². The van der Waals surface area contributed by atoms with Crippen LogP contribution in [0.2, 0.25) is 0 Å². The third-order valence-electron chi connectivity index (χ3n) is 1.58. The zero-order valence-electron chi connectivity index (χ0n) is 6.14. The van der Waals surface area contributed by atoms with Crippen LogP contribution in [-0.4, -0.2) is 21.2 Å². The van der Waals surface area contributed by atoms with E-state index >= 15 is 0 Å². The predicted octanol–water partition coefficient (Wildman–Crippen LogP) is 0.837. The van der Waals surface area contributed by atoms with Crippen molar-refractivity contribution in [3.05, 3.63) is 30.5 Å². The van der Waals surface area contributed by atoms with Gasteiger partial charge in [-0.3, -0.25) is 9.78 Å². The Kier molecular flexibility index (Phi) is 1.51. The van der Waals surface area contributed by atoms with E-state index in [1.807, 2.05) is 0 Å². The van der Waals surface area contributed by atoms with Crippen molar-refractivity contribution in [2.75, 3.05) is 0 Å². The Balaban J connectivity index is 2.88. The number of hydrogen-bond donors (Lipinski definition) is 0. The standard InChI is InChI=1S/C8H5N3O/c12-4-8-6-3-9-5-11-7(6)1-2-10-8/h1-5H. The number of hydrogen-bond acceptors (Lipinski definition) is 4. The molecule has 0 unspecified atom stereocenters. The van der Waals surface area contributed by atoms with Crippen molar-refractivity contribution in [1.29, 1.82) is 0 Å². The largest absolute Gasteiger partial charge is 0.296 e. The lowest BCUT2D eigenvalue weighted by molar-refractivity contribution is 0.112. The van der Waals surface area contributed by atoms with E-state index < -0.39 is 0 Å². The number of carbonyl (C=O) groups is 1. The van der Waals surface area contributed by atoms with Crippen LogP contribution in [0.3, 0.4) is 0 Å². The maximum Gasteiger partial charge on any atom is 0.169 e. The summed E-state index contributed by atoms with van der Waals surface area (Å²) in [6.07, 6.45) is 5.28. The van der Waals surface area contributed by atoms with Crippen LogP contribution in [0, 0.1) is 0 Å². The monoisotopic (exact) mass is 159 g/mol. The Labute approximate surface area is 68.3 Å². The molecule has 4 nitrogen and oxygen atoms in total. The first-order valence-electron chi connectivity index (χ1n) is 3.42. The second kappa shape index (κ2) is 2.65. The van der Waals surface area contributed by atoms with Gasteiger partial charge in [-0.25, -0.2) is 9.97 Å². The molecule has 0 aliphatic heterocycles. The zero-order chi connectivity index (χ0) is 8.39. The second-order valence-electron chi connectivity index (χ2n) is 2.27. The molecule has 2 rings (SSSR count). The molecule has 0 amide bonds. The Morgan fingerprint density at radius 3 is 3.08 bits per heavy atom. The lowest BCUT2D eigenvalue weighted by Crippen LogP contribution is -1.90. The maximum atomic E-state index is 10.5. The summed E-state index contributed by atoms with van der Waals surface area (Å²) in [5, 5.41) is 0.690. The van der Waals surface area contributed by atoms with Crippen LogP contribution < -0.4 is 0 Å². The smallest absolute Gasteiger partial charge is 0.169 e. The minimum Gasteiger partial charge on any atom is -0.296 e. The highest BCUT2D eigenvalue weighted by Gasteiger charge is 1.99. The summed E-state index contributed by atoms with van der Waals surface area (Å²) >= 11 is 0. The molecule has 0 radical (unpaired) electrons. The fraction of sp³-hybridized carbons (Fsp3) is 0. The highest BCUT2D eigenvalue weighted by Crippen LogP contribution is 2.09. The van der Waals surface area contributed by atoms with Gasteiger partial charge in [-0.15, -0.1) is 0 Å². The normalized spacial score (nSPS) is 10.0. The first-order chi connectivity index (χ1) is 5.92. The quantitative estimate of drug-likeness (QED) is 0.578. The summed E-state index contributed by atoms with van der Waals surface area (Å²) in [5.41, 5.74) is 1.12. The Morgan fingerprint density at radius 2 is 2.25 bits per heavy atom. The van der Waals surface area contributed by atoms with Crippen LogP contribution >= 0.6 is 0 Å². The molecule has 2 heterocycles. The molecule has 58 valence electrons. The summed E-state index contributed by atoms with van der Waals surface area (Å²) in [7, 11) is 0. The van der Waals surface area contributed by atoms with Crippen LogP contribution in [0.4, 0.5) is 0 Å². The van der Waals surface area contributed by atoms with Crippen LogP contribution in [-0.2, 0) is 0 Å². The van der Waals surface area contributed by atoms with Gasteiger partial charge < -0.3 is 0 Å². The number of pyridine rings is 1. The molecular formula is C8H5N3O. The fourth-order valence-electron chi connectivity index (χ4n) is 1.02. The van der Waals surface area contributed by atoms with Crippen LogP contribution in [0.25, 0.3) is 10.9 Å². The van der Waals surface area contributed by atoms with E-state index in [9.17, 15) is 4.79 Å². The van der Waals surface area contributed by atoms with E-state index in [1.54, 1.807) is 18.5 Å². The average Bonchev–Trinajstić information content (AvgIpc) is 2.17. The molecular weight excluding hydrogens is 154 g/mol. The van der Waals surface area contributed by atoms with Crippen molar-refractivity contribution < 1.29 is 4.79 Å². The molecule has 0 atom stereocenters. The molecule has 0 saturated carbocycles. The van der Waals surface area contributed by atoms with E-state index in [0.717, 1.165) is 5.52 Å². The van der Waals surface area contributed by atoms with Crippen LogP contribution in [0.1, 0.15) is 10.5 Å². The van der Waals surface area contributed by atoms with Crippen molar-refractivity contribution in [3.8, 4) is 0 Å². The first kappa shape index (κ1) is 6.84. The second-order valence-corrected chi connectivity index (χ2v) is 2.27. The van der Waals surface area contributed by atoms with E-state index in [2.05, 4.69) is 15.0 Å². The molecule has 0 aliphatic rings. The average molecular weight is 159 g/mol. The van der Waals surface area contributed by atoms with Gasteiger partial charge in [0.15, 0.2) is 6.29 Å². The molecule has 0 spiro atoms. The number of fused-ring (bicyclic) bond motifs is 1. The minimum atomic E-state index is 0.383. The van der Waals surface area contributed by atoms with Gasteiger partial charge in [0.2, 0.25) is 0 Å². The first-order valence-corrected chi connectivity index (χ1v) is 3.42. The number of rotatable bonds is 1. The minimum absolute atomic E-state index is 0.383. The number of nitrogens with zero attached hydrogens (tertiary/aromatic N) is 3. The van der Waals surface area contributed by atoms with Crippen molar-refractivity contribution in [3.63, 3.8) is 0 Å². The molecule has 0 saturated heterocycles. The van der Waals surface area contributed by atoms with Crippen LogP contribution in [0.15, 0.2) is 24.8 Å².